The van der Waals surface area contributed by atoms with Crippen LogP contribution in [0.2, 0.25) is 0 Å². The monoisotopic (exact) mass is 397 g/mol. The van der Waals surface area contributed by atoms with Crippen LogP contribution in [-0.2, 0) is 4.79 Å². The molecule has 1 amide bonds. The Morgan fingerprint density at radius 3 is 2.44 bits per heavy atom. The summed E-state index contributed by atoms with van der Waals surface area (Å²) in [5, 5.41) is 9.23. The Kier molecular flexibility index (Phi) is 5.48. The fourth-order valence-electron chi connectivity index (χ4n) is 2.79. The Balaban J connectivity index is 1.93. The SMILES string of the molecule is Cc1ccc(C(=O)O)cc1N1C(=O)/C(=C/c2ccc(C(C)C)cc2)SC1=S. The van der Waals surface area contributed by atoms with Crippen LogP contribution in [0.25, 0.3) is 6.08 Å². The molecule has 0 aromatic heterocycles. The van der Waals surface area contributed by atoms with Gasteiger partial charge < -0.3 is 5.11 Å². The molecule has 0 unspecified atom stereocenters. The molecule has 4 nitrogen and oxygen atoms in total. The van der Waals surface area contributed by atoms with E-state index in [9.17, 15) is 14.7 Å². The number of carbonyl (C=O) groups is 2. The van der Waals surface area contributed by atoms with Gasteiger partial charge in [0.05, 0.1) is 16.2 Å². The van der Waals surface area contributed by atoms with Gasteiger partial charge in [-0.15, -0.1) is 0 Å². The summed E-state index contributed by atoms with van der Waals surface area (Å²) in [5.41, 5.74) is 3.59. The van der Waals surface area contributed by atoms with Gasteiger partial charge in [-0.3, -0.25) is 9.69 Å². The van der Waals surface area contributed by atoms with Crippen molar-refractivity contribution in [2.45, 2.75) is 26.7 Å². The molecule has 138 valence electrons. The van der Waals surface area contributed by atoms with Crippen molar-refractivity contribution in [3.63, 3.8) is 0 Å². The predicted octanol–water partition coefficient (Wildman–Crippen LogP) is 5.22. The summed E-state index contributed by atoms with van der Waals surface area (Å²) >= 11 is 6.62. The summed E-state index contributed by atoms with van der Waals surface area (Å²) < 4.78 is 0.399. The van der Waals surface area contributed by atoms with Crippen molar-refractivity contribution in [3.05, 3.63) is 69.6 Å². The molecular weight excluding hydrogens is 378 g/mol. The van der Waals surface area contributed by atoms with Crippen LogP contribution >= 0.6 is 24.0 Å². The molecule has 1 saturated heterocycles. The summed E-state index contributed by atoms with van der Waals surface area (Å²) in [7, 11) is 0. The van der Waals surface area contributed by atoms with Gasteiger partial charge in [-0.05, 0) is 47.7 Å². The second kappa shape index (κ2) is 7.66. The Morgan fingerprint density at radius 2 is 1.85 bits per heavy atom. The third kappa shape index (κ3) is 3.96. The first-order valence-electron chi connectivity index (χ1n) is 8.50. The summed E-state index contributed by atoms with van der Waals surface area (Å²) in [6.45, 7) is 6.09. The minimum absolute atomic E-state index is 0.123. The molecule has 1 heterocycles. The fourth-order valence-corrected chi connectivity index (χ4v) is 4.07. The number of thiocarbonyl (C=S) groups is 1. The number of aromatic carboxylic acids is 1. The first-order chi connectivity index (χ1) is 12.8. The van der Waals surface area contributed by atoms with Gasteiger partial charge in [-0.25, -0.2) is 4.79 Å². The fraction of sp³-hybridized carbons (Fsp3) is 0.190. The molecule has 0 aliphatic carbocycles. The van der Waals surface area contributed by atoms with Gasteiger partial charge in [0.15, 0.2) is 4.32 Å². The zero-order valence-corrected chi connectivity index (χ0v) is 16.9. The molecule has 6 heteroatoms. The van der Waals surface area contributed by atoms with Gasteiger partial charge in [-0.2, -0.15) is 0 Å². The van der Waals surface area contributed by atoms with Crippen LogP contribution < -0.4 is 4.90 Å². The van der Waals surface area contributed by atoms with Crippen molar-refractivity contribution in [3.8, 4) is 0 Å². The zero-order valence-electron chi connectivity index (χ0n) is 15.2. The first kappa shape index (κ1) is 19.3. The highest BCUT2D eigenvalue weighted by atomic mass is 32.2. The van der Waals surface area contributed by atoms with Gasteiger partial charge in [0.25, 0.3) is 5.91 Å². The van der Waals surface area contributed by atoms with E-state index in [0.29, 0.717) is 20.8 Å². The van der Waals surface area contributed by atoms with Crippen molar-refractivity contribution in [2.75, 3.05) is 4.90 Å². The van der Waals surface area contributed by atoms with Crippen LogP contribution in [0.3, 0.4) is 0 Å². The Bertz CT molecular complexity index is 962. The van der Waals surface area contributed by atoms with Crippen molar-refractivity contribution in [1.29, 1.82) is 0 Å². The Labute approximate surface area is 167 Å². The molecule has 0 spiro atoms. The number of anilines is 1. The summed E-state index contributed by atoms with van der Waals surface area (Å²) in [6.07, 6.45) is 1.82. The molecule has 2 aromatic carbocycles. The lowest BCUT2D eigenvalue weighted by Gasteiger charge is -2.17. The van der Waals surface area contributed by atoms with E-state index in [0.717, 1.165) is 11.1 Å². The minimum atomic E-state index is -1.04. The predicted molar refractivity (Wildman–Crippen MR) is 114 cm³/mol. The van der Waals surface area contributed by atoms with Crippen molar-refractivity contribution in [1.82, 2.24) is 0 Å². The van der Waals surface area contributed by atoms with Crippen LogP contribution in [-0.4, -0.2) is 21.3 Å². The summed E-state index contributed by atoms with van der Waals surface area (Å²) in [4.78, 5) is 26.1. The topological polar surface area (TPSA) is 57.6 Å². The normalized spacial score (nSPS) is 15.9. The highest BCUT2D eigenvalue weighted by Crippen LogP contribution is 2.37. The molecule has 1 aliphatic heterocycles. The number of carboxylic acid groups (broad SMARTS) is 1. The number of nitrogens with zero attached hydrogens (tertiary/aromatic N) is 1. The van der Waals surface area contributed by atoms with Crippen molar-refractivity contribution >= 4 is 51.9 Å². The number of rotatable bonds is 4. The number of hydrogen-bond acceptors (Lipinski definition) is 4. The standard InChI is InChI=1S/C21H19NO3S2/c1-12(2)15-8-5-14(6-9-15)10-18-19(23)22(21(26)27-18)17-11-16(20(24)25)7-4-13(17)3/h4-12H,1-3H3,(H,24,25)/b18-10-. The zero-order chi connectivity index (χ0) is 19.7. The van der Waals surface area contributed by atoms with E-state index in [2.05, 4.69) is 26.0 Å². The number of carboxylic acids is 1. The number of benzene rings is 2. The Morgan fingerprint density at radius 1 is 1.19 bits per heavy atom. The van der Waals surface area contributed by atoms with Crippen LogP contribution in [0, 0.1) is 6.92 Å². The highest BCUT2D eigenvalue weighted by molar-refractivity contribution is 8.27. The number of hydrogen-bond donors (Lipinski definition) is 1. The van der Waals surface area contributed by atoms with E-state index in [4.69, 9.17) is 12.2 Å². The molecule has 0 atom stereocenters. The van der Waals surface area contributed by atoms with Crippen LogP contribution in [0.5, 0.6) is 0 Å². The minimum Gasteiger partial charge on any atom is -0.478 e. The number of aryl methyl sites for hydroxylation is 1. The number of carbonyl (C=O) groups excluding carboxylic acids is 1. The third-order valence-corrected chi connectivity index (χ3v) is 5.69. The number of thioether (sulfide) groups is 1. The molecule has 0 saturated carbocycles. The van der Waals surface area contributed by atoms with Crippen LogP contribution in [0.1, 0.15) is 46.8 Å². The smallest absolute Gasteiger partial charge is 0.335 e. The maximum Gasteiger partial charge on any atom is 0.335 e. The lowest BCUT2D eigenvalue weighted by molar-refractivity contribution is -0.113. The quantitative estimate of drug-likeness (QED) is 0.566. The van der Waals surface area contributed by atoms with E-state index in [-0.39, 0.29) is 11.5 Å². The van der Waals surface area contributed by atoms with Gasteiger partial charge in [0, 0.05) is 0 Å². The first-order valence-corrected chi connectivity index (χ1v) is 9.72. The largest absolute Gasteiger partial charge is 0.478 e. The molecule has 1 N–H and O–H groups in total. The molecule has 3 rings (SSSR count). The van der Waals surface area contributed by atoms with Gasteiger partial charge >= 0.3 is 5.97 Å². The van der Waals surface area contributed by atoms with Crippen molar-refractivity contribution in [2.24, 2.45) is 0 Å². The summed E-state index contributed by atoms with van der Waals surface area (Å²) in [5.74, 6) is -0.826. The Hall–Kier alpha value is -2.44. The highest BCUT2D eigenvalue weighted by Gasteiger charge is 2.34. The molecule has 2 aromatic rings. The second-order valence-electron chi connectivity index (χ2n) is 6.64. The van der Waals surface area contributed by atoms with Crippen LogP contribution in [0.4, 0.5) is 5.69 Å². The molecule has 1 aliphatic rings. The van der Waals surface area contributed by atoms with Crippen molar-refractivity contribution < 1.29 is 14.7 Å². The maximum absolute atomic E-state index is 12.9. The molecule has 1 fully saturated rings. The van der Waals surface area contributed by atoms with Gasteiger partial charge in [-0.1, -0.05) is 68.2 Å². The average Bonchev–Trinajstić information content (AvgIpc) is 2.89. The van der Waals surface area contributed by atoms with E-state index >= 15 is 0 Å². The molecule has 27 heavy (non-hydrogen) atoms. The van der Waals surface area contributed by atoms with E-state index in [1.807, 2.05) is 25.1 Å². The van der Waals surface area contributed by atoms with E-state index in [1.165, 1.54) is 34.4 Å². The lowest BCUT2D eigenvalue weighted by atomic mass is 10.0. The van der Waals surface area contributed by atoms with Gasteiger partial charge in [0.1, 0.15) is 0 Å². The van der Waals surface area contributed by atoms with Gasteiger partial charge in [0.2, 0.25) is 0 Å². The second-order valence-corrected chi connectivity index (χ2v) is 8.32. The average molecular weight is 398 g/mol. The lowest BCUT2D eigenvalue weighted by Crippen LogP contribution is -2.28. The third-order valence-electron chi connectivity index (χ3n) is 4.39. The molecular formula is C21H19NO3S2. The molecule has 0 radical (unpaired) electrons. The maximum atomic E-state index is 12.9. The van der Waals surface area contributed by atoms with E-state index < -0.39 is 5.97 Å². The molecule has 0 bridgehead atoms. The number of amides is 1. The summed E-state index contributed by atoms with van der Waals surface area (Å²) in [6, 6.07) is 12.8. The van der Waals surface area contributed by atoms with Crippen LogP contribution in [0.15, 0.2) is 47.4 Å². The van der Waals surface area contributed by atoms with E-state index in [1.54, 1.807) is 6.07 Å².